The quantitative estimate of drug-likeness (QED) is 0.199. The lowest BCUT2D eigenvalue weighted by atomic mass is 9.52. The summed E-state index contributed by atoms with van der Waals surface area (Å²) in [5, 5.41) is 0. The first kappa shape index (κ1) is 36.0. The maximum absolute atomic E-state index is 2.74. The van der Waals surface area contributed by atoms with Crippen molar-refractivity contribution in [1.82, 2.24) is 19.2 Å². The van der Waals surface area contributed by atoms with E-state index in [-0.39, 0.29) is 19.8 Å². The molecular weight excluding hydrogens is 474 g/mol. The highest BCUT2D eigenvalue weighted by atomic mass is 15.3. The Labute approximate surface area is 245 Å². The Morgan fingerprint density at radius 2 is 0.769 bits per heavy atom. The van der Waals surface area contributed by atoms with Crippen LogP contribution in [0.2, 0.25) is 0 Å². The molecule has 1 aromatic carbocycles. The first-order valence-corrected chi connectivity index (χ1v) is 15.9. The molecule has 0 heterocycles. The van der Waals surface area contributed by atoms with E-state index in [1.807, 2.05) is 0 Å². The van der Waals surface area contributed by atoms with Crippen molar-refractivity contribution >= 4 is 14.0 Å². The van der Waals surface area contributed by atoms with Crippen LogP contribution in [0.1, 0.15) is 122 Å². The Morgan fingerprint density at radius 1 is 0.462 bits per heavy atom. The Balaban J connectivity index is 4.00. The molecule has 0 aliphatic heterocycles. The fourth-order valence-corrected chi connectivity index (χ4v) is 6.98. The molecule has 222 valence electrons. The Kier molecular flexibility index (Phi) is 15.1. The lowest BCUT2D eigenvalue weighted by molar-refractivity contribution is 0.217. The van der Waals surface area contributed by atoms with Crippen LogP contribution in [0.15, 0.2) is 42.4 Å². The molecule has 1 atom stereocenters. The average Bonchev–Trinajstić information content (AvgIpc) is 2.77. The Morgan fingerprint density at radius 3 is 1.05 bits per heavy atom. The number of hydrogen-bond donors (Lipinski definition) is 0. The highest BCUT2D eigenvalue weighted by molar-refractivity contribution is 6.60. The van der Waals surface area contributed by atoms with Crippen molar-refractivity contribution < 1.29 is 0 Å². The molecular formula is C33H64B2N4. The van der Waals surface area contributed by atoms with Crippen molar-refractivity contribution in [2.45, 2.75) is 165 Å². The molecule has 0 aromatic heterocycles. The lowest BCUT2D eigenvalue weighted by Gasteiger charge is -2.48. The van der Waals surface area contributed by atoms with E-state index in [9.17, 15) is 0 Å². The van der Waals surface area contributed by atoms with Crippen LogP contribution in [0.25, 0.3) is 0 Å². The third kappa shape index (κ3) is 9.76. The van der Waals surface area contributed by atoms with Crippen LogP contribution >= 0.6 is 0 Å². The largest absolute Gasteiger partial charge is 0.339 e. The summed E-state index contributed by atoms with van der Waals surface area (Å²) in [5.74, 6) is 2.77. The van der Waals surface area contributed by atoms with E-state index in [1.165, 1.54) is 5.56 Å². The molecule has 0 spiro atoms. The molecule has 0 radical (unpaired) electrons. The van der Waals surface area contributed by atoms with Gasteiger partial charge in [0.15, 0.2) is 0 Å². The first-order valence-electron chi connectivity index (χ1n) is 15.9. The second-order valence-corrected chi connectivity index (χ2v) is 13.7. The Hall–Kier alpha value is -1.07. The van der Waals surface area contributed by atoms with Gasteiger partial charge >= 0.3 is 14.0 Å². The zero-order valence-corrected chi connectivity index (χ0v) is 28.7. The van der Waals surface area contributed by atoms with E-state index >= 15 is 0 Å². The van der Waals surface area contributed by atoms with Gasteiger partial charge in [-0.3, -0.25) is 0 Å². The van der Waals surface area contributed by atoms with Crippen LogP contribution in [-0.4, -0.2) is 81.5 Å². The molecule has 1 rings (SSSR count). The smallest absolute Gasteiger partial charge is 0.323 e. The zero-order chi connectivity index (χ0) is 30.2. The van der Waals surface area contributed by atoms with E-state index in [1.54, 1.807) is 0 Å². The first-order chi connectivity index (χ1) is 18.0. The van der Waals surface area contributed by atoms with Crippen LogP contribution in [0.3, 0.4) is 0 Å². The van der Waals surface area contributed by atoms with Crippen molar-refractivity contribution in [3.8, 4) is 0 Å². The minimum Gasteiger partial charge on any atom is -0.323 e. The molecule has 0 saturated heterocycles. The number of rotatable bonds is 16. The van der Waals surface area contributed by atoms with Gasteiger partial charge in [0.2, 0.25) is 0 Å². The van der Waals surface area contributed by atoms with Gasteiger partial charge < -0.3 is 19.2 Å². The van der Waals surface area contributed by atoms with Crippen molar-refractivity contribution in [2.24, 2.45) is 0 Å². The van der Waals surface area contributed by atoms with E-state index in [4.69, 9.17) is 0 Å². The maximum Gasteiger partial charge on any atom is 0.339 e. The fraction of sp³-hybridized carbons (Fsp3) is 0.758. The summed E-state index contributed by atoms with van der Waals surface area (Å²) in [7, 11) is 0. The van der Waals surface area contributed by atoms with Crippen LogP contribution in [-0.2, 0) is 0 Å². The molecule has 1 aromatic rings. The summed E-state index contributed by atoms with van der Waals surface area (Å²) in [4.78, 5) is 10.8. The van der Waals surface area contributed by atoms with Gasteiger partial charge in [0.25, 0.3) is 0 Å². The van der Waals surface area contributed by atoms with Gasteiger partial charge in [-0.25, -0.2) is 0 Å². The van der Waals surface area contributed by atoms with Gasteiger partial charge in [-0.15, -0.1) is 0 Å². The molecule has 0 fully saturated rings. The molecule has 0 amide bonds. The molecule has 6 heteroatoms. The number of hydrogen-bond acceptors (Lipinski definition) is 4. The molecule has 0 N–H and O–H groups in total. The predicted octanol–water partition coefficient (Wildman–Crippen LogP) is 7.86. The summed E-state index contributed by atoms with van der Waals surface area (Å²) in [6, 6.07) is 14.7. The standard InChI is InChI=1S/C33H64B2N4/c1-24(2)36(25(3)4)34(37(26(5)6)27(7)8)23-22-33(32-20-18-17-19-21-32)35(38(28(9)10)29(11)12)39(30(13)14)31(15)16/h17-31,33H,1-16H3/b23-22-. The predicted molar refractivity (Wildman–Crippen MR) is 178 cm³/mol. The minimum atomic E-state index is 0.218. The monoisotopic (exact) mass is 539 g/mol. The molecule has 39 heavy (non-hydrogen) atoms. The highest BCUT2D eigenvalue weighted by Crippen LogP contribution is 2.31. The minimum absolute atomic E-state index is 0.218. The van der Waals surface area contributed by atoms with Crippen LogP contribution in [0.5, 0.6) is 0 Å². The number of allylic oxidation sites excluding steroid dienone is 1. The van der Waals surface area contributed by atoms with Crippen LogP contribution in [0, 0.1) is 0 Å². The molecule has 0 aliphatic carbocycles. The third-order valence-electron chi connectivity index (χ3n) is 7.99. The van der Waals surface area contributed by atoms with Gasteiger partial charge in [0, 0.05) is 5.82 Å². The topological polar surface area (TPSA) is 13.0 Å². The molecule has 0 aliphatic rings. The molecule has 1 unspecified atom stereocenters. The van der Waals surface area contributed by atoms with Gasteiger partial charge in [0.05, 0.1) is 0 Å². The van der Waals surface area contributed by atoms with Crippen LogP contribution in [0.4, 0.5) is 0 Å². The summed E-state index contributed by atoms with van der Waals surface area (Å²) in [6.45, 7) is 38.1. The van der Waals surface area contributed by atoms with Crippen LogP contribution < -0.4 is 0 Å². The summed E-state index contributed by atoms with van der Waals surface area (Å²) >= 11 is 0. The van der Waals surface area contributed by atoms with Gasteiger partial charge in [-0.1, -0.05) is 153 Å². The van der Waals surface area contributed by atoms with E-state index in [0.29, 0.717) is 48.3 Å². The van der Waals surface area contributed by atoms with Crippen molar-refractivity contribution in [3.63, 3.8) is 0 Å². The summed E-state index contributed by atoms with van der Waals surface area (Å²) in [6.07, 6.45) is 2.57. The molecule has 4 nitrogen and oxygen atoms in total. The second kappa shape index (κ2) is 16.4. The van der Waals surface area contributed by atoms with E-state index < -0.39 is 0 Å². The van der Waals surface area contributed by atoms with E-state index in [0.717, 1.165) is 0 Å². The summed E-state index contributed by atoms with van der Waals surface area (Å²) in [5.41, 5.74) is 1.39. The van der Waals surface area contributed by atoms with Crippen molar-refractivity contribution in [1.29, 1.82) is 0 Å². The third-order valence-corrected chi connectivity index (χ3v) is 7.99. The van der Waals surface area contributed by atoms with Gasteiger partial charge in [-0.05, 0) is 53.9 Å². The maximum atomic E-state index is 2.74. The highest BCUT2D eigenvalue weighted by Gasteiger charge is 2.43. The lowest BCUT2D eigenvalue weighted by Crippen LogP contribution is -2.64. The normalized spacial score (nSPS) is 14.2. The van der Waals surface area contributed by atoms with Gasteiger partial charge in [0.1, 0.15) is 0 Å². The number of benzene rings is 1. The van der Waals surface area contributed by atoms with Crippen molar-refractivity contribution in [2.75, 3.05) is 0 Å². The van der Waals surface area contributed by atoms with E-state index in [2.05, 4.69) is 172 Å². The average molecular weight is 539 g/mol. The number of nitrogens with zero attached hydrogens (tertiary/aromatic N) is 4. The van der Waals surface area contributed by atoms with Gasteiger partial charge in [-0.2, -0.15) is 0 Å². The Bertz CT molecular complexity index is 748. The zero-order valence-electron chi connectivity index (χ0n) is 28.7. The molecule has 0 bridgehead atoms. The summed E-state index contributed by atoms with van der Waals surface area (Å²) < 4.78 is 0. The molecule has 0 saturated carbocycles. The fourth-order valence-electron chi connectivity index (χ4n) is 6.98. The van der Waals surface area contributed by atoms with Crippen molar-refractivity contribution in [3.05, 3.63) is 47.9 Å². The SMILES string of the molecule is CC(C)N(B(/C=C\C(B(N(C(C)C)C(C)C)N(C(C)C)C(C)C)c1ccccc1)N(C(C)C)C(C)C)C(C)C. The second-order valence-electron chi connectivity index (χ2n) is 13.7.